The van der Waals surface area contributed by atoms with E-state index in [1.807, 2.05) is 0 Å². The quantitative estimate of drug-likeness (QED) is 0.557. The van der Waals surface area contributed by atoms with Gasteiger partial charge in [0.15, 0.2) is 12.6 Å². The molecule has 28 heavy (non-hydrogen) atoms. The third-order valence-corrected chi connectivity index (χ3v) is 5.83. The largest absolute Gasteiger partial charge is 0.355 e. The Morgan fingerprint density at radius 1 is 0.786 bits per heavy atom. The van der Waals surface area contributed by atoms with E-state index in [4.69, 9.17) is 0 Å². The molecule has 0 aliphatic heterocycles. The van der Waals surface area contributed by atoms with Gasteiger partial charge in [-0.3, -0.25) is 9.59 Å². The van der Waals surface area contributed by atoms with Gasteiger partial charge in [-0.2, -0.15) is 0 Å². The molecule has 2 N–H and O–H groups in total. The monoisotopic (exact) mass is 376 g/mol. The van der Waals surface area contributed by atoms with Crippen molar-refractivity contribution in [3.63, 3.8) is 0 Å². The Kier molecular flexibility index (Phi) is 5.68. The lowest BCUT2D eigenvalue weighted by molar-refractivity contribution is 0.111. The molecule has 146 valence electrons. The van der Waals surface area contributed by atoms with Gasteiger partial charge in [0.05, 0.1) is 17.3 Å². The fourth-order valence-electron chi connectivity index (χ4n) is 4.28. The first kappa shape index (κ1) is 19.9. The number of hydrogen-bond donors (Lipinski definition) is 2. The molecule has 0 aliphatic rings. The van der Waals surface area contributed by atoms with Crippen LogP contribution >= 0.6 is 0 Å². The maximum absolute atomic E-state index is 11.6. The number of aromatic amines is 2. The number of hydrogen-bond acceptors (Lipinski definition) is 2. The van der Waals surface area contributed by atoms with Crippen molar-refractivity contribution in [1.82, 2.24) is 9.97 Å². The van der Waals surface area contributed by atoms with Gasteiger partial charge in [-0.1, -0.05) is 43.7 Å². The molecule has 0 fully saturated rings. The summed E-state index contributed by atoms with van der Waals surface area (Å²) in [5, 5.41) is 0. The van der Waals surface area contributed by atoms with Crippen LogP contribution in [0.25, 0.3) is 0 Å². The van der Waals surface area contributed by atoms with Crippen molar-refractivity contribution >= 4 is 12.6 Å². The van der Waals surface area contributed by atoms with Gasteiger partial charge in [0.2, 0.25) is 0 Å². The van der Waals surface area contributed by atoms with Crippen LogP contribution in [0.4, 0.5) is 0 Å². The zero-order valence-corrected chi connectivity index (χ0v) is 17.3. The average Bonchev–Trinajstić information content (AvgIpc) is 3.20. The Morgan fingerprint density at radius 2 is 1.21 bits per heavy atom. The Labute approximate surface area is 166 Å². The van der Waals surface area contributed by atoms with Gasteiger partial charge >= 0.3 is 0 Å². The van der Waals surface area contributed by atoms with Gasteiger partial charge < -0.3 is 9.97 Å². The number of carbonyl (C=O) groups is 2. The van der Waals surface area contributed by atoms with Crippen LogP contribution in [0.5, 0.6) is 0 Å². The molecule has 4 heteroatoms. The number of aromatic nitrogens is 2. The van der Waals surface area contributed by atoms with Crippen LogP contribution in [0.2, 0.25) is 0 Å². The predicted molar refractivity (Wildman–Crippen MR) is 113 cm³/mol. The normalized spacial score (nSPS) is 11.2. The molecule has 0 amide bonds. The SMILES string of the molecule is CCc1c(C=O)[nH]c(C(c2ccc(C)cc2)c2[nH]c(C=O)c(CC)c2C)c1C. The zero-order valence-electron chi connectivity index (χ0n) is 17.3. The van der Waals surface area contributed by atoms with Gasteiger partial charge in [-0.25, -0.2) is 0 Å². The Hall–Kier alpha value is -2.88. The fourth-order valence-corrected chi connectivity index (χ4v) is 4.28. The Morgan fingerprint density at radius 3 is 1.54 bits per heavy atom. The molecular weight excluding hydrogens is 348 g/mol. The summed E-state index contributed by atoms with van der Waals surface area (Å²) >= 11 is 0. The molecule has 0 spiro atoms. The summed E-state index contributed by atoms with van der Waals surface area (Å²) in [6, 6.07) is 8.45. The minimum atomic E-state index is -0.0985. The van der Waals surface area contributed by atoms with E-state index in [-0.39, 0.29) is 5.92 Å². The van der Waals surface area contributed by atoms with Gasteiger partial charge in [0, 0.05) is 11.4 Å². The summed E-state index contributed by atoms with van der Waals surface area (Å²) in [6.45, 7) is 10.3. The van der Waals surface area contributed by atoms with E-state index in [0.29, 0.717) is 11.4 Å². The lowest BCUT2D eigenvalue weighted by atomic mass is 9.87. The number of aryl methyl sites for hydroxylation is 1. The maximum Gasteiger partial charge on any atom is 0.166 e. The first-order chi connectivity index (χ1) is 13.5. The first-order valence-electron chi connectivity index (χ1n) is 9.86. The fraction of sp³-hybridized carbons (Fsp3) is 0.333. The molecule has 0 unspecified atom stereocenters. The molecule has 0 bridgehead atoms. The van der Waals surface area contributed by atoms with E-state index in [9.17, 15) is 9.59 Å². The van der Waals surface area contributed by atoms with Crippen LogP contribution < -0.4 is 0 Å². The van der Waals surface area contributed by atoms with Crippen molar-refractivity contribution in [2.24, 2.45) is 0 Å². The van der Waals surface area contributed by atoms with E-state index in [1.165, 1.54) is 5.56 Å². The third kappa shape index (κ3) is 3.24. The lowest BCUT2D eigenvalue weighted by Crippen LogP contribution is -2.08. The highest BCUT2D eigenvalue weighted by Crippen LogP contribution is 2.38. The van der Waals surface area contributed by atoms with Crippen molar-refractivity contribution in [3.05, 3.63) is 80.4 Å². The summed E-state index contributed by atoms with van der Waals surface area (Å²) in [6.07, 6.45) is 3.38. The maximum atomic E-state index is 11.6. The highest BCUT2D eigenvalue weighted by Gasteiger charge is 2.27. The zero-order chi connectivity index (χ0) is 20.4. The van der Waals surface area contributed by atoms with E-state index in [1.54, 1.807) is 0 Å². The number of H-pyrrole nitrogens is 2. The first-order valence-corrected chi connectivity index (χ1v) is 9.86. The van der Waals surface area contributed by atoms with Crippen LogP contribution in [-0.2, 0) is 12.8 Å². The molecule has 0 saturated heterocycles. The van der Waals surface area contributed by atoms with Crippen LogP contribution in [0.15, 0.2) is 24.3 Å². The Bertz CT molecular complexity index is 946. The number of carbonyl (C=O) groups excluding carboxylic acids is 2. The van der Waals surface area contributed by atoms with Crippen LogP contribution in [-0.4, -0.2) is 22.5 Å². The number of nitrogens with one attached hydrogen (secondary N) is 2. The van der Waals surface area contributed by atoms with Crippen LogP contribution in [0.3, 0.4) is 0 Å². The second-order valence-electron chi connectivity index (χ2n) is 7.40. The van der Waals surface area contributed by atoms with Crippen molar-refractivity contribution in [2.75, 3.05) is 0 Å². The van der Waals surface area contributed by atoms with E-state index in [0.717, 1.165) is 64.6 Å². The summed E-state index contributed by atoms with van der Waals surface area (Å²) < 4.78 is 0. The minimum Gasteiger partial charge on any atom is -0.355 e. The number of rotatable bonds is 7. The van der Waals surface area contributed by atoms with Crippen molar-refractivity contribution < 1.29 is 9.59 Å². The molecule has 0 aliphatic carbocycles. The van der Waals surface area contributed by atoms with Gasteiger partial charge in [-0.05, 0) is 61.4 Å². The second kappa shape index (κ2) is 8.01. The average molecular weight is 377 g/mol. The summed E-state index contributed by atoms with van der Waals surface area (Å²) in [5.74, 6) is -0.0985. The highest BCUT2D eigenvalue weighted by atomic mass is 16.1. The number of benzene rings is 1. The summed E-state index contributed by atoms with van der Waals surface area (Å²) in [4.78, 5) is 30.0. The smallest absolute Gasteiger partial charge is 0.166 e. The number of aldehydes is 2. The minimum absolute atomic E-state index is 0.0985. The van der Waals surface area contributed by atoms with Gasteiger partial charge in [0.25, 0.3) is 0 Å². The molecular formula is C24H28N2O2. The summed E-state index contributed by atoms with van der Waals surface area (Å²) in [5.41, 5.74) is 9.93. The lowest BCUT2D eigenvalue weighted by Gasteiger charge is -2.19. The van der Waals surface area contributed by atoms with E-state index >= 15 is 0 Å². The summed E-state index contributed by atoms with van der Waals surface area (Å²) in [7, 11) is 0. The van der Waals surface area contributed by atoms with Gasteiger partial charge in [-0.15, -0.1) is 0 Å². The predicted octanol–water partition coefficient (Wildman–Crippen LogP) is 5.20. The highest BCUT2D eigenvalue weighted by molar-refractivity contribution is 5.78. The standard InChI is InChI=1S/C24H28N2O2/c1-6-18-15(4)23(25-20(18)12-27)22(17-10-8-14(3)9-11-17)24-16(5)19(7-2)21(13-28)26-24/h8-13,22,25-26H,6-7H2,1-5H3. The van der Waals surface area contributed by atoms with Crippen LogP contribution in [0, 0.1) is 20.8 Å². The van der Waals surface area contributed by atoms with Gasteiger partial charge in [0.1, 0.15) is 0 Å². The molecule has 0 radical (unpaired) electrons. The van der Waals surface area contributed by atoms with Crippen LogP contribution in [0.1, 0.15) is 85.5 Å². The van der Waals surface area contributed by atoms with E-state index in [2.05, 4.69) is 68.9 Å². The molecule has 1 aromatic carbocycles. The molecule has 3 rings (SSSR count). The molecule has 2 aromatic heterocycles. The molecule has 4 nitrogen and oxygen atoms in total. The molecule has 0 saturated carbocycles. The van der Waals surface area contributed by atoms with Crippen molar-refractivity contribution in [3.8, 4) is 0 Å². The molecule has 3 aromatic rings. The Balaban J connectivity index is 2.30. The van der Waals surface area contributed by atoms with Crippen molar-refractivity contribution in [1.29, 1.82) is 0 Å². The molecule has 0 atom stereocenters. The molecule has 2 heterocycles. The van der Waals surface area contributed by atoms with Crippen molar-refractivity contribution in [2.45, 2.75) is 53.4 Å². The second-order valence-corrected chi connectivity index (χ2v) is 7.40. The topological polar surface area (TPSA) is 65.7 Å². The van der Waals surface area contributed by atoms with E-state index < -0.39 is 0 Å². The third-order valence-electron chi connectivity index (χ3n) is 5.83.